The van der Waals surface area contributed by atoms with Gasteiger partial charge in [-0.3, -0.25) is 4.79 Å². The van der Waals surface area contributed by atoms with Gasteiger partial charge in [0, 0.05) is 23.2 Å². The normalized spacial score (nSPS) is 13.4. The van der Waals surface area contributed by atoms with E-state index < -0.39 is 0 Å². The number of anilines is 2. The number of amides is 1. The molecule has 0 saturated heterocycles. The zero-order valence-electron chi connectivity index (χ0n) is 14.5. The zero-order chi connectivity index (χ0) is 18.1. The Labute approximate surface area is 154 Å². The van der Waals surface area contributed by atoms with Crippen LogP contribution in [-0.2, 0) is 13.0 Å². The van der Waals surface area contributed by atoms with Gasteiger partial charge in [0.15, 0.2) is 10.9 Å². The lowest BCUT2D eigenvalue weighted by molar-refractivity contribution is 0.0711. The van der Waals surface area contributed by atoms with Crippen LogP contribution in [0, 0.1) is 6.92 Å². The van der Waals surface area contributed by atoms with E-state index in [1.54, 1.807) is 17.4 Å². The molecule has 0 aliphatic carbocycles. The molecule has 1 amide bonds. The number of methoxy groups -OCH3 is 1. The molecule has 0 atom stereocenters. The lowest BCUT2D eigenvalue weighted by Crippen LogP contribution is -2.35. The topological polar surface area (TPSA) is 80.5 Å². The Morgan fingerprint density at radius 3 is 2.92 bits per heavy atom. The second kappa shape index (κ2) is 6.80. The third-order valence-electron chi connectivity index (χ3n) is 4.38. The van der Waals surface area contributed by atoms with Gasteiger partial charge >= 0.3 is 0 Å². The van der Waals surface area contributed by atoms with E-state index in [-0.39, 0.29) is 5.91 Å². The van der Waals surface area contributed by atoms with Gasteiger partial charge in [-0.1, -0.05) is 5.16 Å². The van der Waals surface area contributed by atoms with Gasteiger partial charge < -0.3 is 19.5 Å². The molecule has 1 aromatic carbocycles. The van der Waals surface area contributed by atoms with Gasteiger partial charge in [0.25, 0.3) is 5.91 Å². The van der Waals surface area contributed by atoms with Crippen LogP contribution in [0.15, 0.2) is 34.2 Å². The van der Waals surface area contributed by atoms with Gasteiger partial charge in [-0.15, -0.1) is 11.3 Å². The molecule has 3 heterocycles. The number of carbonyl (C=O) groups is 1. The SMILES string of the molecule is COc1ccc(Nc2nc(C(=O)N3CCc4c(C)noc4C3)cs2)cc1. The second-order valence-corrected chi connectivity index (χ2v) is 6.90. The number of thiazole rings is 1. The molecule has 1 N–H and O–H groups in total. The smallest absolute Gasteiger partial charge is 0.273 e. The quantitative estimate of drug-likeness (QED) is 0.758. The predicted molar refractivity (Wildman–Crippen MR) is 98.1 cm³/mol. The van der Waals surface area contributed by atoms with Crippen molar-refractivity contribution in [3.05, 3.63) is 52.4 Å². The minimum absolute atomic E-state index is 0.0938. The Hall–Kier alpha value is -2.87. The first-order valence-electron chi connectivity index (χ1n) is 8.24. The molecule has 0 bridgehead atoms. The largest absolute Gasteiger partial charge is 0.497 e. The Balaban J connectivity index is 1.44. The zero-order valence-corrected chi connectivity index (χ0v) is 15.3. The number of nitrogens with one attached hydrogen (secondary N) is 1. The lowest BCUT2D eigenvalue weighted by Gasteiger charge is -2.24. The minimum atomic E-state index is -0.0938. The molecule has 0 fully saturated rings. The van der Waals surface area contributed by atoms with Crippen LogP contribution < -0.4 is 10.1 Å². The molecule has 134 valence electrons. The predicted octanol–water partition coefficient (Wildman–Crippen LogP) is 3.39. The van der Waals surface area contributed by atoms with Crippen molar-refractivity contribution >= 4 is 28.1 Å². The third-order valence-corrected chi connectivity index (χ3v) is 5.14. The number of fused-ring (bicyclic) bond motifs is 1. The summed E-state index contributed by atoms with van der Waals surface area (Å²) in [5, 5.41) is 9.63. The molecule has 2 aromatic heterocycles. The summed E-state index contributed by atoms with van der Waals surface area (Å²) in [5.74, 6) is 1.47. The van der Waals surface area contributed by atoms with Gasteiger partial charge in [-0.05, 0) is 37.6 Å². The van der Waals surface area contributed by atoms with Gasteiger partial charge in [0.1, 0.15) is 11.4 Å². The molecule has 0 radical (unpaired) electrons. The molecule has 0 saturated carbocycles. The second-order valence-electron chi connectivity index (χ2n) is 6.04. The number of aromatic nitrogens is 2. The van der Waals surface area contributed by atoms with Crippen LogP contribution in [-0.4, -0.2) is 34.6 Å². The van der Waals surface area contributed by atoms with Gasteiger partial charge in [-0.25, -0.2) is 4.98 Å². The highest BCUT2D eigenvalue weighted by Crippen LogP contribution is 2.26. The maximum Gasteiger partial charge on any atom is 0.273 e. The fourth-order valence-electron chi connectivity index (χ4n) is 2.94. The summed E-state index contributed by atoms with van der Waals surface area (Å²) >= 11 is 1.40. The highest BCUT2D eigenvalue weighted by atomic mass is 32.1. The van der Waals surface area contributed by atoms with Crippen molar-refractivity contribution in [3.8, 4) is 5.75 Å². The van der Waals surface area contributed by atoms with Gasteiger partial charge in [0.05, 0.1) is 19.3 Å². The maximum atomic E-state index is 12.7. The third kappa shape index (κ3) is 3.15. The van der Waals surface area contributed by atoms with Crippen molar-refractivity contribution in [2.75, 3.05) is 19.0 Å². The number of hydrogen-bond acceptors (Lipinski definition) is 7. The van der Waals surface area contributed by atoms with Crippen LogP contribution in [0.5, 0.6) is 5.75 Å². The molecule has 0 unspecified atom stereocenters. The van der Waals surface area contributed by atoms with E-state index in [4.69, 9.17) is 9.26 Å². The summed E-state index contributed by atoms with van der Waals surface area (Å²) in [5.41, 5.74) is 3.35. The molecule has 3 aromatic rings. The van der Waals surface area contributed by atoms with Gasteiger partial charge in [0.2, 0.25) is 0 Å². The summed E-state index contributed by atoms with van der Waals surface area (Å²) in [6, 6.07) is 7.54. The number of nitrogens with zero attached hydrogens (tertiary/aromatic N) is 3. The summed E-state index contributed by atoms with van der Waals surface area (Å²) < 4.78 is 10.5. The molecule has 1 aliphatic heterocycles. The summed E-state index contributed by atoms with van der Waals surface area (Å²) in [6.07, 6.45) is 0.761. The average molecular weight is 370 g/mol. The molecule has 26 heavy (non-hydrogen) atoms. The van der Waals surface area contributed by atoms with E-state index in [0.29, 0.717) is 23.9 Å². The Morgan fingerprint density at radius 2 is 2.15 bits per heavy atom. The number of hydrogen-bond donors (Lipinski definition) is 1. The molecule has 1 aliphatic rings. The van der Waals surface area contributed by atoms with Gasteiger partial charge in [-0.2, -0.15) is 0 Å². The van der Waals surface area contributed by atoms with Crippen LogP contribution in [0.3, 0.4) is 0 Å². The highest BCUT2D eigenvalue weighted by Gasteiger charge is 2.27. The van der Waals surface area contributed by atoms with Crippen LogP contribution in [0.25, 0.3) is 0 Å². The first kappa shape index (κ1) is 16.6. The molecule has 4 rings (SSSR count). The summed E-state index contributed by atoms with van der Waals surface area (Å²) in [4.78, 5) is 18.9. The first-order chi connectivity index (χ1) is 12.6. The Bertz CT molecular complexity index is 932. The molecular weight excluding hydrogens is 352 g/mol. The number of rotatable bonds is 4. The maximum absolute atomic E-state index is 12.7. The fourth-order valence-corrected chi connectivity index (χ4v) is 3.65. The number of ether oxygens (including phenoxy) is 1. The number of carbonyl (C=O) groups excluding carboxylic acids is 1. The monoisotopic (exact) mass is 370 g/mol. The highest BCUT2D eigenvalue weighted by molar-refractivity contribution is 7.14. The van der Waals surface area contributed by atoms with Crippen molar-refractivity contribution in [2.45, 2.75) is 19.9 Å². The van der Waals surface area contributed by atoms with Crippen molar-refractivity contribution in [1.29, 1.82) is 0 Å². The minimum Gasteiger partial charge on any atom is -0.497 e. The Morgan fingerprint density at radius 1 is 1.35 bits per heavy atom. The van der Waals surface area contributed by atoms with Crippen molar-refractivity contribution in [1.82, 2.24) is 15.0 Å². The van der Waals surface area contributed by atoms with Crippen LogP contribution >= 0.6 is 11.3 Å². The first-order valence-corrected chi connectivity index (χ1v) is 9.12. The van der Waals surface area contributed by atoms with E-state index >= 15 is 0 Å². The fraction of sp³-hybridized carbons (Fsp3) is 0.278. The van der Waals surface area contributed by atoms with Crippen LogP contribution in [0.1, 0.15) is 27.5 Å². The van der Waals surface area contributed by atoms with E-state index in [2.05, 4.69) is 15.5 Å². The van der Waals surface area contributed by atoms with Crippen molar-refractivity contribution in [3.63, 3.8) is 0 Å². The molecule has 8 heteroatoms. The average Bonchev–Trinajstić information content (AvgIpc) is 3.28. The van der Waals surface area contributed by atoms with Crippen molar-refractivity contribution < 1.29 is 14.1 Å². The standard InChI is InChI=1S/C18H18N4O3S/c1-11-14-7-8-22(9-16(14)25-21-11)17(23)15-10-26-18(20-15)19-12-3-5-13(24-2)6-4-12/h3-6,10H,7-9H2,1-2H3,(H,19,20). The van der Waals surface area contributed by atoms with E-state index in [0.717, 1.165) is 34.9 Å². The van der Waals surface area contributed by atoms with Crippen LogP contribution in [0.4, 0.5) is 10.8 Å². The molecule has 0 spiro atoms. The van der Waals surface area contributed by atoms with Crippen LogP contribution in [0.2, 0.25) is 0 Å². The van der Waals surface area contributed by atoms with Crippen molar-refractivity contribution in [2.24, 2.45) is 0 Å². The summed E-state index contributed by atoms with van der Waals surface area (Å²) in [7, 11) is 1.63. The Kier molecular flexibility index (Phi) is 4.34. The van der Waals surface area contributed by atoms with E-state index in [1.807, 2.05) is 31.2 Å². The van der Waals surface area contributed by atoms with E-state index in [9.17, 15) is 4.79 Å². The lowest BCUT2D eigenvalue weighted by atomic mass is 10.1. The van der Waals surface area contributed by atoms with E-state index in [1.165, 1.54) is 11.3 Å². The summed E-state index contributed by atoms with van der Waals surface area (Å²) in [6.45, 7) is 3.01. The number of benzene rings is 1. The molecule has 7 nitrogen and oxygen atoms in total. The number of aryl methyl sites for hydroxylation is 1. The molecular formula is C18H18N4O3S.